The van der Waals surface area contributed by atoms with E-state index in [2.05, 4.69) is 23.2 Å². The first kappa shape index (κ1) is 38.2. The summed E-state index contributed by atoms with van der Waals surface area (Å²) < 4.78 is 22.8. The van der Waals surface area contributed by atoms with Gasteiger partial charge in [-0.15, -0.1) is 0 Å². The summed E-state index contributed by atoms with van der Waals surface area (Å²) in [5.41, 5.74) is -0.663. The Labute approximate surface area is 275 Å². The Morgan fingerprint density at radius 2 is 1.98 bits per heavy atom. The van der Waals surface area contributed by atoms with Gasteiger partial charge in [-0.1, -0.05) is 52.0 Å². The molecule has 10 unspecified atom stereocenters. The summed E-state index contributed by atoms with van der Waals surface area (Å²) in [5, 5.41) is 34.8. The van der Waals surface area contributed by atoms with Gasteiger partial charge in [0.25, 0.3) is 0 Å². The van der Waals surface area contributed by atoms with E-state index in [0.717, 1.165) is 25.1 Å². The van der Waals surface area contributed by atoms with E-state index in [0.29, 0.717) is 32.7 Å². The number of hydrogen-bond donors (Lipinski definition) is 4. The molecule has 1 amide bonds. The lowest BCUT2D eigenvalue weighted by molar-refractivity contribution is -0.151. The summed E-state index contributed by atoms with van der Waals surface area (Å²) >= 11 is 0. The van der Waals surface area contributed by atoms with Crippen LogP contribution in [0.3, 0.4) is 0 Å². The van der Waals surface area contributed by atoms with Crippen LogP contribution in [-0.2, 0) is 23.7 Å². The molecule has 3 aliphatic rings. The second-order valence-corrected chi connectivity index (χ2v) is 13.6. The standard InChI is InChI=1S/C35H58N2O9/c1-7-28(39)26(5)33-29(44-33)21-23(2)9-8-10-24(3)32-25(4)11-12-30(35(6,42)14-13-27(38)22-31(40)46-32)45-34(41)36-15-16-37-17-19-43-20-18-37/h8-12,23,25-30,32-33,38-39,42H,7,13-22H2,1-6H3,(H,36,41). The summed E-state index contributed by atoms with van der Waals surface area (Å²) in [7, 11) is 0. The van der Waals surface area contributed by atoms with Crippen LogP contribution in [0.15, 0.2) is 36.0 Å². The molecule has 2 fully saturated rings. The number of amides is 1. The van der Waals surface area contributed by atoms with Crippen LogP contribution in [0.4, 0.5) is 4.79 Å². The van der Waals surface area contributed by atoms with E-state index in [1.807, 2.05) is 39.8 Å². The topological polar surface area (TPSA) is 150 Å². The Morgan fingerprint density at radius 1 is 1.26 bits per heavy atom. The summed E-state index contributed by atoms with van der Waals surface area (Å²) in [6, 6.07) is 0. The molecule has 3 rings (SSSR count). The van der Waals surface area contributed by atoms with E-state index < -0.39 is 36.0 Å². The predicted octanol–water partition coefficient (Wildman–Crippen LogP) is 3.52. The van der Waals surface area contributed by atoms with Gasteiger partial charge in [0, 0.05) is 38.0 Å². The maximum atomic E-state index is 12.8. The molecule has 11 heteroatoms. The largest absolute Gasteiger partial charge is 0.457 e. The number of aliphatic hydroxyl groups is 3. The van der Waals surface area contributed by atoms with Gasteiger partial charge in [0.1, 0.15) is 11.7 Å². The van der Waals surface area contributed by atoms with Gasteiger partial charge in [-0.2, -0.15) is 0 Å². The van der Waals surface area contributed by atoms with Gasteiger partial charge in [-0.25, -0.2) is 4.79 Å². The molecule has 3 aliphatic heterocycles. The van der Waals surface area contributed by atoms with E-state index in [1.165, 1.54) is 0 Å². The first-order valence-corrected chi connectivity index (χ1v) is 17.0. The normalized spacial score (nSPS) is 33.8. The third kappa shape index (κ3) is 12.4. The van der Waals surface area contributed by atoms with Gasteiger partial charge in [0.15, 0.2) is 6.10 Å². The van der Waals surface area contributed by atoms with Crippen molar-refractivity contribution in [3.63, 3.8) is 0 Å². The van der Waals surface area contributed by atoms with Crippen molar-refractivity contribution in [2.24, 2.45) is 17.8 Å². The number of rotatable bonds is 12. The molecule has 4 N–H and O–H groups in total. The molecular weight excluding hydrogens is 592 g/mol. The van der Waals surface area contributed by atoms with E-state index >= 15 is 0 Å². The molecule has 46 heavy (non-hydrogen) atoms. The van der Waals surface area contributed by atoms with Crippen LogP contribution in [0.5, 0.6) is 0 Å². The summed E-state index contributed by atoms with van der Waals surface area (Å²) in [5.74, 6) is -0.478. The minimum Gasteiger partial charge on any atom is -0.457 e. The van der Waals surface area contributed by atoms with Gasteiger partial charge < -0.3 is 39.6 Å². The lowest BCUT2D eigenvalue weighted by atomic mass is 9.88. The van der Waals surface area contributed by atoms with Crippen molar-refractivity contribution in [3.8, 4) is 0 Å². The predicted molar refractivity (Wildman–Crippen MR) is 175 cm³/mol. The summed E-state index contributed by atoms with van der Waals surface area (Å²) in [6.45, 7) is 15.5. The number of carbonyl (C=O) groups excluding carboxylic acids is 2. The van der Waals surface area contributed by atoms with Crippen LogP contribution in [0.1, 0.15) is 73.6 Å². The highest BCUT2D eigenvalue weighted by Crippen LogP contribution is 2.36. The first-order valence-electron chi connectivity index (χ1n) is 17.0. The number of carbonyl (C=O) groups is 2. The van der Waals surface area contributed by atoms with Gasteiger partial charge in [0.05, 0.1) is 44.1 Å². The van der Waals surface area contributed by atoms with E-state index in [-0.39, 0.29) is 55.3 Å². The monoisotopic (exact) mass is 650 g/mol. The number of hydrogen-bond acceptors (Lipinski definition) is 10. The molecule has 0 radical (unpaired) electrons. The van der Waals surface area contributed by atoms with Crippen molar-refractivity contribution in [2.75, 3.05) is 39.4 Å². The molecule has 0 saturated carbocycles. The van der Waals surface area contributed by atoms with Crippen LogP contribution in [0.2, 0.25) is 0 Å². The number of morpholine rings is 1. The quantitative estimate of drug-likeness (QED) is 0.107. The molecule has 11 nitrogen and oxygen atoms in total. The molecule has 10 atom stereocenters. The SMILES string of the molecule is CCC(O)C(C)C1OC1CC(C)C=CC=C(C)C1OC(=O)CC(O)CCC(C)(O)C(OC(=O)NCCN2CCOCC2)C=CC1C. The molecule has 0 bridgehead atoms. The molecule has 0 spiro atoms. The number of nitrogens with zero attached hydrogens (tertiary/aromatic N) is 1. The van der Waals surface area contributed by atoms with Crippen molar-refractivity contribution >= 4 is 12.1 Å². The zero-order valence-electron chi connectivity index (χ0n) is 28.6. The van der Waals surface area contributed by atoms with Crippen molar-refractivity contribution in [1.82, 2.24) is 10.2 Å². The summed E-state index contributed by atoms with van der Waals surface area (Å²) in [6.07, 6.45) is 7.63. The number of aliphatic hydroxyl groups excluding tert-OH is 2. The Hall–Kier alpha value is -2.28. The van der Waals surface area contributed by atoms with Crippen molar-refractivity contribution in [2.45, 2.75) is 116 Å². The van der Waals surface area contributed by atoms with Crippen LogP contribution in [0, 0.1) is 17.8 Å². The van der Waals surface area contributed by atoms with Crippen molar-refractivity contribution in [3.05, 3.63) is 36.0 Å². The third-order valence-corrected chi connectivity index (χ3v) is 9.38. The number of cyclic esters (lactones) is 1. The van der Waals surface area contributed by atoms with Gasteiger partial charge in [-0.05, 0) is 57.1 Å². The Kier molecular flexibility index (Phi) is 15.2. The van der Waals surface area contributed by atoms with E-state index in [4.69, 9.17) is 18.9 Å². The maximum Gasteiger partial charge on any atom is 0.407 e. The number of alkyl carbamates (subject to hydrolysis) is 1. The summed E-state index contributed by atoms with van der Waals surface area (Å²) in [4.78, 5) is 27.7. The number of ether oxygens (including phenoxy) is 4. The minimum atomic E-state index is -1.47. The van der Waals surface area contributed by atoms with Gasteiger partial charge >= 0.3 is 12.1 Å². The number of allylic oxidation sites excluding steroid dienone is 3. The van der Waals surface area contributed by atoms with Crippen molar-refractivity contribution < 1.29 is 43.9 Å². The average Bonchev–Trinajstić information content (AvgIpc) is 3.78. The lowest BCUT2D eigenvalue weighted by Crippen LogP contribution is -2.46. The molecule has 0 aromatic rings. The average molecular weight is 651 g/mol. The van der Waals surface area contributed by atoms with Crippen LogP contribution < -0.4 is 5.32 Å². The highest BCUT2D eigenvalue weighted by Gasteiger charge is 2.45. The van der Waals surface area contributed by atoms with E-state index in [9.17, 15) is 24.9 Å². The minimum absolute atomic E-state index is 0.0939. The maximum absolute atomic E-state index is 12.8. The second-order valence-electron chi connectivity index (χ2n) is 13.6. The third-order valence-electron chi connectivity index (χ3n) is 9.38. The molecule has 262 valence electrons. The number of esters is 1. The van der Waals surface area contributed by atoms with Crippen molar-refractivity contribution in [1.29, 1.82) is 0 Å². The van der Waals surface area contributed by atoms with E-state index in [1.54, 1.807) is 19.1 Å². The lowest BCUT2D eigenvalue weighted by Gasteiger charge is -2.33. The van der Waals surface area contributed by atoms with Crippen LogP contribution in [0.25, 0.3) is 0 Å². The molecule has 3 heterocycles. The second kappa shape index (κ2) is 18.3. The highest BCUT2D eigenvalue weighted by molar-refractivity contribution is 5.70. The zero-order chi connectivity index (χ0) is 33.9. The van der Waals surface area contributed by atoms with Crippen LogP contribution in [-0.4, -0.2) is 114 Å². The molecule has 0 aliphatic carbocycles. The number of epoxide rings is 1. The fourth-order valence-electron chi connectivity index (χ4n) is 6.08. The molecule has 2 saturated heterocycles. The molecule has 0 aromatic carbocycles. The fourth-order valence-corrected chi connectivity index (χ4v) is 6.08. The Bertz CT molecular complexity index is 1050. The fraction of sp³-hybridized carbons (Fsp3) is 0.771. The first-order chi connectivity index (χ1) is 21.8. The van der Waals surface area contributed by atoms with Crippen LogP contribution >= 0.6 is 0 Å². The Morgan fingerprint density at radius 3 is 2.67 bits per heavy atom. The number of nitrogens with one attached hydrogen (secondary N) is 1. The Balaban J connectivity index is 1.65. The highest BCUT2D eigenvalue weighted by atomic mass is 16.6. The smallest absolute Gasteiger partial charge is 0.407 e. The molecule has 0 aromatic heterocycles. The van der Waals surface area contributed by atoms with Gasteiger partial charge in [0.2, 0.25) is 0 Å². The molecular formula is C35H58N2O9. The zero-order valence-corrected chi connectivity index (χ0v) is 28.6. The van der Waals surface area contributed by atoms with Gasteiger partial charge in [-0.3, -0.25) is 9.69 Å².